The van der Waals surface area contributed by atoms with Gasteiger partial charge in [-0.25, -0.2) is 0 Å². The van der Waals surface area contributed by atoms with Crippen LogP contribution in [0.2, 0.25) is 0 Å². The normalized spacial score (nSPS) is 27.1. The Bertz CT molecular complexity index is 544. The van der Waals surface area contributed by atoms with E-state index in [2.05, 4.69) is 19.7 Å². The monoisotopic (exact) mass is 288 g/mol. The van der Waals surface area contributed by atoms with Crippen molar-refractivity contribution in [2.24, 2.45) is 11.3 Å². The molecule has 1 amide bonds. The van der Waals surface area contributed by atoms with Gasteiger partial charge < -0.3 is 9.47 Å². The molecule has 21 heavy (non-hydrogen) atoms. The molecule has 1 aromatic heterocycles. The Morgan fingerprint density at radius 2 is 2.24 bits per heavy atom. The van der Waals surface area contributed by atoms with Crippen LogP contribution in [0.25, 0.3) is 0 Å². The van der Waals surface area contributed by atoms with Crippen molar-refractivity contribution in [2.45, 2.75) is 57.9 Å². The van der Waals surface area contributed by atoms with Gasteiger partial charge in [-0.15, -0.1) is 10.2 Å². The third-order valence-electron chi connectivity index (χ3n) is 5.76. The molecule has 1 aliphatic heterocycles. The number of hydrogen-bond acceptors (Lipinski definition) is 3. The summed E-state index contributed by atoms with van der Waals surface area (Å²) in [5.41, 5.74) is 0.291. The van der Waals surface area contributed by atoms with Gasteiger partial charge in [-0.05, 0) is 37.0 Å². The maximum atomic E-state index is 12.1. The summed E-state index contributed by atoms with van der Waals surface area (Å²) in [6, 6.07) is 0. The van der Waals surface area contributed by atoms with Crippen molar-refractivity contribution < 1.29 is 4.79 Å². The number of carbonyl (C=O) groups is 1. The molecule has 0 radical (unpaired) electrons. The van der Waals surface area contributed by atoms with Crippen LogP contribution in [0.3, 0.4) is 0 Å². The van der Waals surface area contributed by atoms with E-state index in [-0.39, 0.29) is 5.91 Å². The van der Waals surface area contributed by atoms with Gasteiger partial charge in [-0.3, -0.25) is 4.79 Å². The fraction of sp³-hybridized carbons (Fsp3) is 0.812. The Balaban J connectivity index is 1.60. The largest absolute Gasteiger partial charge is 0.341 e. The van der Waals surface area contributed by atoms with Gasteiger partial charge in [0.25, 0.3) is 0 Å². The van der Waals surface area contributed by atoms with Gasteiger partial charge in [0.1, 0.15) is 12.2 Å². The van der Waals surface area contributed by atoms with E-state index in [1.807, 2.05) is 13.3 Å². The van der Waals surface area contributed by atoms with Crippen LogP contribution in [0, 0.1) is 11.3 Å². The molecule has 2 aliphatic carbocycles. The van der Waals surface area contributed by atoms with E-state index in [0.717, 1.165) is 31.4 Å². The summed E-state index contributed by atoms with van der Waals surface area (Å²) >= 11 is 0. The van der Waals surface area contributed by atoms with Crippen LogP contribution < -0.4 is 0 Å². The fourth-order valence-electron chi connectivity index (χ4n) is 4.13. The van der Waals surface area contributed by atoms with Crippen molar-refractivity contribution in [2.75, 3.05) is 13.1 Å². The summed E-state index contributed by atoms with van der Waals surface area (Å²) in [5.74, 6) is 2.64. The highest BCUT2D eigenvalue weighted by atomic mass is 16.2. The molecule has 1 aromatic rings. The Morgan fingerprint density at radius 1 is 1.43 bits per heavy atom. The van der Waals surface area contributed by atoms with Crippen LogP contribution in [0.5, 0.6) is 0 Å². The summed E-state index contributed by atoms with van der Waals surface area (Å²) in [5, 5.41) is 8.62. The average Bonchev–Trinajstić information content (AvgIpc) is 3.00. The lowest BCUT2D eigenvalue weighted by atomic mass is 9.62. The molecule has 114 valence electrons. The maximum Gasteiger partial charge on any atom is 0.222 e. The summed E-state index contributed by atoms with van der Waals surface area (Å²) in [6.07, 6.45) is 8.95. The zero-order chi connectivity index (χ0) is 14.4. The first-order valence-electron chi connectivity index (χ1n) is 8.37. The lowest BCUT2D eigenvalue weighted by Gasteiger charge is -2.42. The smallest absolute Gasteiger partial charge is 0.222 e. The first-order valence-corrected chi connectivity index (χ1v) is 8.37. The second kappa shape index (κ2) is 4.82. The van der Waals surface area contributed by atoms with Crippen LogP contribution in [0.4, 0.5) is 0 Å². The molecule has 3 fully saturated rings. The summed E-state index contributed by atoms with van der Waals surface area (Å²) in [4.78, 5) is 14.2. The molecule has 1 unspecified atom stereocenters. The minimum atomic E-state index is 0.289. The molecule has 1 saturated heterocycles. The Labute approximate surface area is 125 Å². The number of likely N-dealkylation sites (tertiary alicyclic amines) is 1. The van der Waals surface area contributed by atoms with Gasteiger partial charge in [-0.1, -0.05) is 13.3 Å². The highest BCUT2D eigenvalue weighted by Crippen LogP contribution is 2.55. The highest BCUT2D eigenvalue weighted by molar-refractivity contribution is 5.76. The predicted molar refractivity (Wildman–Crippen MR) is 78.6 cm³/mol. The lowest BCUT2D eigenvalue weighted by Crippen LogP contribution is -2.38. The second-order valence-corrected chi connectivity index (χ2v) is 7.18. The number of carbonyl (C=O) groups excluding carboxylic acids is 1. The third-order valence-corrected chi connectivity index (χ3v) is 5.76. The van der Waals surface area contributed by atoms with Crippen molar-refractivity contribution in [1.82, 2.24) is 19.7 Å². The lowest BCUT2D eigenvalue weighted by molar-refractivity contribution is -0.130. The summed E-state index contributed by atoms with van der Waals surface area (Å²) in [7, 11) is 0. The molecule has 4 rings (SSSR count). The number of rotatable bonds is 4. The van der Waals surface area contributed by atoms with Crippen molar-refractivity contribution in [3.05, 3.63) is 12.2 Å². The SMILES string of the molecule is CCC(=O)N1CC(c2nncn2CC2CC2)C2(CCC2)C1. The molecule has 0 bridgehead atoms. The van der Waals surface area contributed by atoms with E-state index in [1.54, 1.807) is 0 Å². The quantitative estimate of drug-likeness (QED) is 0.853. The second-order valence-electron chi connectivity index (χ2n) is 7.18. The van der Waals surface area contributed by atoms with Crippen LogP contribution >= 0.6 is 0 Å². The number of hydrogen-bond donors (Lipinski definition) is 0. The molecule has 1 atom stereocenters. The van der Waals surface area contributed by atoms with Gasteiger partial charge >= 0.3 is 0 Å². The van der Waals surface area contributed by atoms with Crippen molar-refractivity contribution in [3.63, 3.8) is 0 Å². The minimum absolute atomic E-state index is 0.289. The van der Waals surface area contributed by atoms with Gasteiger partial charge in [0.2, 0.25) is 5.91 Å². The van der Waals surface area contributed by atoms with Gasteiger partial charge in [0, 0.05) is 32.0 Å². The molecule has 3 aliphatic rings. The zero-order valence-electron chi connectivity index (χ0n) is 12.8. The Morgan fingerprint density at radius 3 is 2.86 bits per heavy atom. The van der Waals surface area contributed by atoms with E-state index in [4.69, 9.17) is 0 Å². The maximum absolute atomic E-state index is 12.1. The van der Waals surface area contributed by atoms with Crippen LogP contribution in [0.1, 0.15) is 57.2 Å². The predicted octanol–water partition coefficient (Wildman–Crippen LogP) is 2.19. The van der Waals surface area contributed by atoms with Crippen molar-refractivity contribution in [3.8, 4) is 0 Å². The van der Waals surface area contributed by atoms with Crippen LogP contribution in [-0.4, -0.2) is 38.7 Å². The molecule has 2 heterocycles. The third kappa shape index (κ3) is 2.17. The first kappa shape index (κ1) is 13.3. The fourth-order valence-corrected chi connectivity index (χ4v) is 4.13. The van der Waals surface area contributed by atoms with E-state index >= 15 is 0 Å². The van der Waals surface area contributed by atoms with Crippen molar-refractivity contribution in [1.29, 1.82) is 0 Å². The average molecular weight is 288 g/mol. The van der Waals surface area contributed by atoms with E-state index in [0.29, 0.717) is 17.8 Å². The molecule has 0 N–H and O–H groups in total. The van der Waals surface area contributed by atoms with E-state index < -0.39 is 0 Å². The Hall–Kier alpha value is -1.39. The summed E-state index contributed by atoms with van der Waals surface area (Å²) in [6.45, 7) is 4.80. The number of aromatic nitrogens is 3. The van der Waals surface area contributed by atoms with Crippen LogP contribution in [-0.2, 0) is 11.3 Å². The van der Waals surface area contributed by atoms with Gasteiger partial charge in [0.15, 0.2) is 0 Å². The standard InChI is InChI=1S/C16H24N4O/c1-2-14(21)19-9-13(16(10-19)6-3-7-16)15-18-17-11-20(15)8-12-4-5-12/h11-13H,2-10H2,1H3. The summed E-state index contributed by atoms with van der Waals surface area (Å²) < 4.78 is 2.27. The molecule has 2 saturated carbocycles. The van der Waals surface area contributed by atoms with Crippen LogP contribution in [0.15, 0.2) is 6.33 Å². The zero-order valence-corrected chi connectivity index (χ0v) is 12.8. The Kier molecular flexibility index (Phi) is 3.05. The van der Waals surface area contributed by atoms with Crippen molar-refractivity contribution >= 4 is 5.91 Å². The van der Waals surface area contributed by atoms with E-state index in [1.165, 1.54) is 32.1 Å². The highest BCUT2D eigenvalue weighted by Gasteiger charge is 2.53. The topological polar surface area (TPSA) is 51.0 Å². The first-order chi connectivity index (χ1) is 10.2. The molecule has 5 heteroatoms. The molecule has 0 aromatic carbocycles. The van der Waals surface area contributed by atoms with Gasteiger partial charge in [0.05, 0.1) is 0 Å². The number of amides is 1. The van der Waals surface area contributed by atoms with Gasteiger partial charge in [-0.2, -0.15) is 0 Å². The van der Waals surface area contributed by atoms with E-state index in [9.17, 15) is 4.79 Å². The molecule has 5 nitrogen and oxygen atoms in total. The molecular weight excluding hydrogens is 264 g/mol. The molecular formula is C16H24N4O. The number of nitrogens with zero attached hydrogens (tertiary/aromatic N) is 4. The molecule has 1 spiro atoms. The minimum Gasteiger partial charge on any atom is -0.341 e.